The lowest BCUT2D eigenvalue weighted by molar-refractivity contribution is -0.384. The zero-order chi connectivity index (χ0) is 14.9. The molecule has 20 heavy (non-hydrogen) atoms. The van der Waals surface area contributed by atoms with Crippen LogP contribution in [0.2, 0.25) is 5.02 Å². The summed E-state index contributed by atoms with van der Waals surface area (Å²) in [5.74, 6) is -2.04. The number of rotatable bonds is 3. The molecule has 0 spiro atoms. The summed E-state index contributed by atoms with van der Waals surface area (Å²) in [5, 5.41) is 12.9. The monoisotopic (exact) mass is 300 g/mol. The maximum absolute atomic E-state index is 13.6. The van der Waals surface area contributed by atoms with Crippen molar-refractivity contribution in [3.8, 4) is 0 Å². The number of nitrogens with zero attached hydrogens (tertiary/aromatic N) is 2. The van der Waals surface area contributed by atoms with Crippen LogP contribution in [-0.2, 0) is 0 Å². The van der Waals surface area contributed by atoms with Crippen molar-refractivity contribution in [2.75, 3.05) is 11.1 Å². The van der Waals surface area contributed by atoms with Gasteiger partial charge in [0.15, 0.2) is 5.82 Å². The molecule has 2 rings (SSSR count). The third-order valence-corrected chi connectivity index (χ3v) is 2.66. The Hall–Kier alpha value is -2.48. The Kier molecular flexibility index (Phi) is 3.66. The topological polar surface area (TPSA) is 94.1 Å². The first-order valence-corrected chi connectivity index (χ1v) is 5.58. The van der Waals surface area contributed by atoms with E-state index in [4.69, 9.17) is 17.3 Å². The molecule has 0 aliphatic rings. The second-order valence-corrected chi connectivity index (χ2v) is 4.13. The number of hydrogen-bond acceptors (Lipinski definition) is 5. The summed E-state index contributed by atoms with van der Waals surface area (Å²) in [6.07, 6.45) is 0. The highest BCUT2D eigenvalue weighted by atomic mass is 35.5. The van der Waals surface area contributed by atoms with Gasteiger partial charge in [0.2, 0.25) is 5.82 Å². The minimum atomic E-state index is -0.922. The van der Waals surface area contributed by atoms with Gasteiger partial charge in [-0.2, -0.15) is 0 Å². The second-order valence-electron chi connectivity index (χ2n) is 3.73. The average molecular weight is 301 g/mol. The number of pyridine rings is 1. The number of benzene rings is 1. The Balaban J connectivity index is 2.36. The van der Waals surface area contributed by atoms with Gasteiger partial charge in [-0.3, -0.25) is 10.1 Å². The minimum Gasteiger partial charge on any atom is -0.378 e. The van der Waals surface area contributed by atoms with Crippen LogP contribution in [-0.4, -0.2) is 9.91 Å². The van der Waals surface area contributed by atoms with E-state index in [1.54, 1.807) is 0 Å². The fraction of sp³-hybridized carbons (Fsp3) is 0. The molecular weight excluding hydrogens is 294 g/mol. The number of nitrogens with one attached hydrogen (secondary N) is 1. The van der Waals surface area contributed by atoms with Crippen molar-refractivity contribution in [1.82, 2.24) is 4.98 Å². The van der Waals surface area contributed by atoms with E-state index in [0.29, 0.717) is 6.07 Å². The molecule has 1 heterocycles. The van der Waals surface area contributed by atoms with Crippen molar-refractivity contribution < 1.29 is 13.7 Å². The highest BCUT2D eigenvalue weighted by molar-refractivity contribution is 6.33. The van der Waals surface area contributed by atoms with Crippen LogP contribution in [0.5, 0.6) is 0 Å². The summed E-state index contributed by atoms with van der Waals surface area (Å²) in [7, 11) is 0. The number of hydrogen-bond donors (Lipinski definition) is 2. The maximum Gasteiger partial charge on any atom is 0.311 e. The average Bonchev–Trinajstić information content (AvgIpc) is 2.33. The number of nitro groups is 1. The van der Waals surface area contributed by atoms with Crippen LogP contribution in [0.25, 0.3) is 0 Å². The van der Waals surface area contributed by atoms with E-state index in [1.165, 1.54) is 6.07 Å². The number of aromatic nitrogens is 1. The number of nitrogen functional groups attached to an aromatic ring is 1. The molecule has 0 atom stereocenters. The summed E-state index contributed by atoms with van der Waals surface area (Å²) < 4.78 is 26.4. The van der Waals surface area contributed by atoms with Gasteiger partial charge < -0.3 is 11.1 Å². The minimum absolute atomic E-state index is 0.0421. The van der Waals surface area contributed by atoms with Gasteiger partial charge in [-0.15, -0.1) is 0 Å². The van der Waals surface area contributed by atoms with Gasteiger partial charge >= 0.3 is 5.69 Å². The molecule has 1 aromatic heterocycles. The summed E-state index contributed by atoms with van der Waals surface area (Å²) in [6, 6.07) is 3.90. The maximum atomic E-state index is 13.6. The van der Waals surface area contributed by atoms with E-state index in [2.05, 4.69) is 10.3 Å². The van der Waals surface area contributed by atoms with Crippen LogP contribution in [0.3, 0.4) is 0 Å². The van der Waals surface area contributed by atoms with E-state index >= 15 is 0 Å². The molecule has 0 aliphatic heterocycles. The van der Waals surface area contributed by atoms with Crippen LogP contribution in [0, 0.1) is 21.7 Å². The van der Waals surface area contributed by atoms with E-state index in [1.807, 2.05) is 0 Å². The van der Waals surface area contributed by atoms with Crippen molar-refractivity contribution in [2.45, 2.75) is 0 Å². The smallest absolute Gasteiger partial charge is 0.311 e. The Morgan fingerprint density at radius 2 is 2.05 bits per heavy atom. The molecular formula is C11H7ClF2N4O2. The summed E-state index contributed by atoms with van der Waals surface area (Å²) >= 11 is 5.70. The van der Waals surface area contributed by atoms with Gasteiger partial charge in [-0.25, -0.2) is 13.8 Å². The first-order chi connectivity index (χ1) is 9.38. The third-order valence-electron chi connectivity index (χ3n) is 2.36. The van der Waals surface area contributed by atoms with Crippen LogP contribution >= 0.6 is 11.6 Å². The molecule has 6 nitrogen and oxygen atoms in total. The van der Waals surface area contributed by atoms with Gasteiger partial charge in [0.05, 0.1) is 15.6 Å². The Morgan fingerprint density at radius 1 is 1.35 bits per heavy atom. The van der Waals surface area contributed by atoms with Crippen LogP contribution < -0.4 is 11.1 Å². The quantitative estimate of drug-likeness (QED) is 0.670. The SMILES string of the molecule is Nc1nc(Nc2c(F)cc(F)cc2Cl)ccc1[N+](=O)[O-]. The van der Waals surface area contributed by atoms with E-state index in [9.17, 15) is 18.9 Å². The Bertz CT molecular complexity index is 673. The molecule has 0 unspecified atom stereocenters. The fourth-order valence-corrected chi connectivity index (χ4v) is 1.72. The Labute approximate surface area is 116 Å². The molecule has 0 aliphatic carbocycles. The predicted octanol–water partition coefficient (Wildman–Crippen LogP) is 3.25. The first-order valence-electron chi connectivity index (χ1n) is 5.21. The largest absolute Gasteiger partial charge is 0.378 e. The van der Waals surface area contributed by atoms with E-state index in [-0.39, 0.29) is 28.0 Å². The molecule has 0 bridgehead atoms. The first kappa shape index (κ1) is 13.9. The predicted molar refractivity (Wildman–Crippen MR) is 70.0 cm³/mol. The lowest BCUT2D eigenvalue weighted by Gasteiger charge is -2.09. The third kappa shape index (κ3) is 2.75. The highest BCUT2D eigenvalue weighted by Crippen LogP contribution is 2.30. The molecule has 1 aromatic carbocycles. The van der Waals surface area contributed by atoms with Crippen molar-refractivity contribution >= 4 is 34.6 Å². The van der Waals surface area contributed by atoms with E-state index < -0.39 is 16.6 Å². The standard InChI is InChI=1S/C11H7ClF2N4O2/c12-6-3-5(13)4-7(14)10(6)16-9-2-1-8(18(19)20)11(15)17-9/h1-4H,(H3,15,16,17). The van der Waals surface area contributed by atoms with Crippen LogP contribution in [0.15, 0.2) is 24.3 Å². The van der Waals surface area contributed by atoms with Gasteiger partial charge in [0, 0.05) is 12.1 Å². The number of halogens is 3. The van der Waals surface area contributed by atoms with Gasteiger partial charge in [-0.05, 0) is 12.1 Å². The molecule has 0 saturated carbocycles. The summed E-state index contributed by atoms with van der Waals surface area (Å²) in [4.78, 5) is 13.6. The molecule has 0 radical (unpaired) electrons. The Morgan fingerprint density at radius 3 is 2.60 bits per heavy atom. The molecule has 0 amide bonds. The molecule has 2 aromatic rings. The fourth-order valence-electron chi connectivity index (χ4n) is 1.48. The summed E-state index contributed by atoms with van der Waals surface area (Å²) in [5.41, 5.74) is 4.82. The second kappa shape index (κ2) is 5.25. The van der Waals surface area contributed by atoms with Gasteiger partial charge in [0.25, 0.3) is 0 Å². The van der Waals surface area contributed by atoms with Crippen molar-refractivity contribution in [3.05, 3.63) is 51.0 Å². The van der Waals surface area contributed by atoms with Gasteiger partial charge in [-0.1, -0.05) is 11.6 Å². The van der Waals surface area contributed by atoms with Crippen molar-refractivity contribution in [1.29, 1.82) is 0 Å². The summed E-state index contributed by atoms with van der Waals surface area (Å²) in [6.45, 7) is 0. The lowest BCUT2D eigenvalue weighted by Crippen LogP contribution is -2.03. The van der Waals surface area contributed by atoms with Crippen molar-refractivity contribution in [2.24, 2.45) is 0 Å². The lowest BCUT2D eigenvalue weighted by atomic mass is 10.3. The highest BCUT2D eigenvalue weighted by Gasteiger charge is 2.15. The van der Waals surface area contributed by atoms with Crippen LogP contribution in [0.1, 0.15) is 0 Å². The zero-order valence-electron chi connectivity index (χ0n) is 9.73. The normalized spacial score (nSPS) is 10.3. The molecule has 9 heteroatoms. The van der Waals surface area contributed by atoms with Gasteiger partial charge in [0.1, 0.15) is 11.6 Å². The van der Waals surface area contributed by atoms with Crippen molar-refractivity contribution in [3.63, 3.8) is 0 Å². The van der Waals surface area contributed by atoms with Crippen LogP contribution in [0.4, 0.5) is 31.8 Å². The number of nitrogens with two attached hydrogens (primary N) is 1. The van der Waals surface area contributed by atoms with E-state index in [0.717, 1.165) is 12.1 Å². The molecule has 0 fully saturated rings. The molecule has 0 saturated heterocycles. The number of anilines is 3. The zero-order valence-corrected chi connectivity index (χ0v) is 10.5. The molecule has 104 valence electrons. The molecule has 3 N–H and O–H groups in total.